The molecule has 1 N–H and O–H groups in total. The van der Waals surface area contributed by atoms with Gasteiger partial charge in [-0.3, -0.25) is 9.36 Å². The molecule has 1 unspecified atom stereocenters. The number of carbonyl (C=O) groups excluding carboxylic acids is 2. The molecule has 0 aliphatic rings. The molecule has 0 saturated carbocycles. The third-order valence-electron chi connectivity index (χ3n) is 5.64. The molecule has 2 aromatic carbocycles. The Morgan fingerprint density at radius 3 is 2.51 bits per heavy atom. The molecule has 4 aromatic rings. The molecule has 2 aromatic heterocycles. The summed E-state index contributed by atoms with van der Waals surface area (Å²) < 4.78 is 18.1. The summed E-state index contributed by atoms with van der Waals surface area (Å²) in [4.78, 5) is 25.6. The van der Waals surface area contributed by atoms with Gasteiger partial charge in [0.2, 0.25) is 5.91 Å². The Hall–Kier alpha value is -4.09. The number of amides is 1. The highest BCUT2D eigenvalue weighted by Gasteiger charge is 2.24. The minimum atomic E-state index is -0.534. The van der Waals surface area contributed by atoms with E-state index in [1.54, 1.807) is 13.2 Å². The number of anilines is 1. The fraction of sp³-hybridized carbons (Fsp3) is 0.214. The number of ether oxygens (including phenoxy) is 3. The van der Waals surface area contributed by atoms with E-state index in [0.29, 0.717) is 39.4 Å². The third kappa shape index (κ3) is 6.68. The van der Waals surface area contributed by atoms with Crippen LogP contribution in [-0.4, -0.2) is 46.6 Å². The molecule has 9 nitrogen and oxygen atoms in total. The standard InChI is InChI=1S/C28H28N4O5S2/c1-5-15-32-25(18(2)37-21-9-7-6-8-10-21)30-31-28(32)39-17-23(33)29-26-24(27(34)36-4)22(16-38-26)19-11-13-20(35-3)14-12-19/h5-14,16,18H,1,15,17H2,2-4H3,(H,29,33). The fourth-order valence-corrected chi connectivity index (χ4v) is 5.52. The van der Waals surface area contributed by atoms with Gasteiger partial charge in [-0.25, -0.2) is 4.79 Å². The van der Waals surface area contributed by atoms with Crippen LogP contribution in [0.2, 0.25) is 0 Å². The minimum absolute atomic E-state index is 0.0551. The van der Waals surface area contributed by atoms with Crippen LogP contribution in [0.1, 0.15) is 29.2 Å². The normalized spacial score (nSPS) is 11.5. The molecule has 2 heterocycles. The highest BCUT2D eigenvalue weighted by molar-refractivity contribution is 7.99. The predicted molar refractivity (Wildman–Crippen MR) is 153 cm³/mol. The van der Waals surface area contributed by atoms with E-state index in [9.17, 15) is 9.59 Å². The van der Waals surface area contributed by atoms with Gasteiger partial charge in [0.05, 0.1) is 20.0 Å². The van der Waals surface area contributed by atoms with E-state index in [-0.39, 0.29) is 17.8 Å². The molecule has 0 saturated heterocycles. The van der Waals surface area contributed by atoms with Crippen molar-refractivity contribution in [3.05, 3.63) is 84.0 Å². The van der Waals surface area contributed by atoms with E-state index in [4.69, 9.17) is 14.2 Å². The van der Waals surface area contributed by atoms with Crippen molar-refractivity contribution in [1.29, 1.82) is 0 Å². The van der Waals surface area contributed by atoms with Crippen molar-refractivity contribution in [1.82, 2.24) is 14.8 Å². The van der Waals surface area contributed by atoms with Gasteiger partial charge in [-0.1, -0.05) is 48.2 Å². The van der Waals surface area contributed by atoms with E-state index >= 15 is 0 Å². The Kier molecular flexibility index (Phi) is 9.40. The summed E-state index contributed by atoms with van der Waals surface area (Å²) in [7, 11) is 2.90. The van der Waals surface area contributed by atoms with Crippen LogP contribution in [0.4, 0.5) is 5.00 Å². The quantitative estimate of drug-likeness (QED) is 0.130. The van der Waals surface area contributed by atoms with Crippen LogP contribution in [-0.2, 0) is 16.1 Å². The number of methoxy groups -OCH3 is 2. The predicted octanol–water partition coefficient (Wildman–Crippen LogP) is 5.86. The molecule has 4 rings (SSSR count). The van der Waals surface area contributed by atoms with Crippen molar-refractivity contribution in [2.45, 2.75) is 24.7 Å². The number of nitrogens with zero attached hydrogens (tertiary/aromatic N) is 3. The topological polar surface area (TPSA) is 105 Å². The van der Waals surface area contributed by atoms with Gasteiger partial charge in [0.15, 0.2) is 17.1 Å². The van der Waals surface area contributed by atoms with Gasteiger partial charge in [-0.2, -0.15) is 0 Å². The number of hydrogen-bond donors (Lipinski definition) is 1. The van der Waals surface area contributed by atoms with Gasteiger partial charge in [0, 0.05) is 17.5 Å². The Balaban J connectivity index is 1.47. The fourth-order valence-electron chi connectivity index (χ4n) is 3.79. The number of para-hydroxylation sites is 1. The van der Waals surface area contributed by atoms with E-state index < -0.39 is 5.97 Å². The van der Waals surface area contributed by atoms with Crippen LogP contribution in [0.15, 0.2) is 77.8 Å². The number of benzene rings is 2. The lowest BCUT2D eigenvalue weighted by Crippen LogP contribution is -2.17. The van der Waals surface area contributed by atoms with Crippen molar-refractivity contribution >= 4 is 40.0 Å². The molecule has 11 heteroatoms. The first-order valence-electron chi connectivity index (χ1n) is 12.0. The summed E-state index contributed by atoms with van der Waals surface area (Å²) in [5, 5.41) is 14.2. The highest BCUT2D eigenvalue weighted by Crippen LogP contribution is 2.37. The zero-order chi connectivity index (χ0) is 27.8. The van der Waals surface area contributed by atoms with E-state index in [2.05, 4.69) is 22.1 Å². The summed E-state index contributed by atoms with van der Waals surface area (Å²) in [6, 6.07) is 16.8. The minimum Gasteiger partial charge on any atom is -0.497 e. The molecular weight excluding hydrogens is 536 g/mol. The average molecular weight is 565 g/mol. The Morgan fingerprint density at radius 2 is 1.85 bits per heavy atom. The second-order valence-electron chi connectivity index (χ2n) is 8.22. The monoisotopic (exact) mass is 564 g/mol. The molecule has 202 valence electrons. The second-order valence-corrected chi connectivity index (χ2v) is 10.0. The van der Waals surface area contributed by atoms with Gasteiger partial charge < -0.3 is 19.5 Å². The summed E-state index contributed by atoms with van der Waals surface area (Å²) in [6.07, 6.45) is 1.37. The van der Waals surface area contributed by atoms with Gasteiger partial charge in [0.25, 0.3) is 0 Å². The summed E-state index contributed by atoms with van der Waals surface area (Å²) in [5.41, 5.74) is 1.77. The van der Waals surface area contributed by atoms with E-state index in [0.717, 1.165) is 11.3 Å². The number of nitrogens with one attached hydrogen (secondary N) is 1. The van der Waals surface area contributed by atoms with Crippen LogP contribution < -0.4 is 14.8 Å². The zero-order valence-electron chi connectivity index (χ0n) is 21.7. The van der Waals surface area contributed by atoms with Crippen molar-refractivity contribution < 1.29 is 23.8 Å². The molecule has 0 fully saturated rings. The summed E-state index contributed by atoms with van der Waals surface area (Å²) in [5.74, 6) is 1.27. The lowest BCUT2D eigenvalue weighted by atomic mass is 10.0. The first-order valence-corrected chi connectivity index (χ1v) is 13.8. The van der Waals surface area contributed by atoms with Gasteiger partial charge in [-0.15, -0.1) is 28.1 Å². The average Bonchev–Trinajstić information content (AvgIpc) is 3.56. The molecule has 0 aliphatic heterocycles. The van der Waals surface area contributed by atoms with Crippen LogP contribution in [0, 0.1) is 0 Å². The van der Waals surface area contributed by atoms with Crippen LogP contribution in [0.5, 0.6) is 11.5 Å². The number of aromatic nitrogens is 3. The highest BCUT2D eigenvalue weighted by atomic mass is 32.2. The Morgan fingerprint density at radius 1 is 1.10 bits per heavy atom. The maximum atomic E-state index is 12.9. The first kappa shape index (κ1) is 27.9. The molecule has 0 spiro atoms. The lowest BCUT2D eigenvalue weighted by molar-refractivity contribution is -0.113. The lowest BCUT2D eigenvalue weighted by Gasteiger charge is -2.15. The van der Waals surface area contributed by atoms with Crippen molar-refractivity contribution in [3.63, 3.8) is 0 Å². The summed E-state index contributed by atoms with van der Waals surface area (Å²) in [6.45, 7) is 6.18. The van der Waals surface area contributed by atoms with Gasteiger partial charge in [0.1, 0.15) is 22.1 Å². The molecule has 1 atom stereocenters. The Bertz CT molecular complexity index is 1430. The van der Waals surface area contributed by atoms with E-state index in [1.165, 1.54) is 30.2 Å². The number of esters is 1. The largest absolute Gasteiger partial charge is 0.497 e. The molecule has 0 bridgehead atoms. The third-order valence-corrected chi connectivity index (χ3v) is 7.51. The number of allylic oxidation sites excluding steroid dienone is 1. The van der Waals surface area contributed by atoms with Crippen molar-refractivity contribution in [3.8, 4) is 22.6 Å². The van der Waals surface area contributed by atoms with Crippen molar-refractivity contribution in [2.75, 3.05) is 25.3 Å². The second kappa shape index (κ2) is 13.1. The summed E-state index contributed by atoms with van der Waals surface area (Å²) >= 11 is 2.49. The van der Waals surface area contributed by atoms with Gasteiger partial charge in [-0.05, 0) is 36.8 Å². The smallest absolute Gasteiger partial charge is 0.341 e. The number of rotatable bonds is 12. The maximum absolute atomic E-state index is 12.9. The molecule has 39 heavy (non-hydrogen) atoms. The molecule has 0 aliphatic carbocycles. The van der Waals surface area contributed by atoms with E-state index in [1.807, 2.05) is 71.5 Å². The molecule has 1 amide bonds. The number of thioether (sulfide) groups is 1. The Labute approximate surface area is 234 Å². The maximum Gasteiger partial charge on any atom is 0.341 e. The van der Waals surface area contributed by atoms with Crippen LogP contribution in [0.3, 0.4) is 0 Å². The zero-order valence-corrected chi connectivity index (χ0v) is 23.4. The molecule has 0 radical (unpaired) electrons. The number of hydrogen-bond acceptors (Lipinski definition) is 9. The number of thiophene rings is 1. The molecular formula is C28H28N4O5S2. The number of carbonyl (C=O) groups is 2. The van der Waals surface area contributed by atoms with Crippen LogP contribution >= 0.6 is 23.1 Å². The van der Waals surface area contributed by atoms with Crippen molar-refractivity contribution in [2.24, 2.45) is 0 Å². The first-order chi connectivity index (χ1) is 18.9. The SMILES string of the molecule is C=CCn1c(SCC(=O)Nc2scc(-c3ccc(OC)cc3)c2C(=O)OC)nnc1C(C)Oc1ccccc1. The van der Waals surface area contributed by atoms with Gasteiger partial charge >= 0.3 is 5.97 Å². The van der Waals surface area contributed by atoms with Crippen LogP contribution in [0.25, 0.3) is 11.1 Å².